The number of anilines is 1. The lowest BCUT2D eigenvalue weighted by atomic mass is 10.1. The number of hydrogen-bond donors (Lipinski definition) is 1. The zero-order chi connectivity index (χ0) is 17.1. The van der Waals surface area contributed by atoms with Gasteiger partial charge in [0, 0.05) is 36.4 Å². The third-order valence-electron chi connectivity index (χ3n) is 4.13. The van der Waals surface area contributed by atoms with Crippen LogP contribution in [-0.4, -0.2) is 26.3 Å². The molecule has 0 unspecified atom stereocenters. The highest BCUT2D eigenvalue weighted by Crippen LogP contribution is 2.36. The summed E-state index contributed by atoms with van der Waals surface area (Å²) in [7, 11) is 0. The highest BCUT2D eigenvalue weighted by atomic mass is 32.1. The third-order valence-corrected chi connectivity index (χ3v) is 5.02. The van der Waals surface area contributed by atoms with Gasteiger partial charge in [-0.05, 0) is 17.5 Å². The molecular weight excluding hydrogens is 330 g/mol. The zero-order valence-electron chi connectivity index (χ0n) is 14.0. The molecule has 3 aromatic heterocycles. The second-order valence-electron chi connectivity index (χ2n) is 6.13. The lowest BCUT2D eigenvalue weighted by Crippen LogP contribution is -2.18. The molecule has 0 saturated heterocycles. The monoisotopic (exact) mass is 349 g/mol. The smallest absolute Gasteiger partial charge is 0.138 e. The molecule has 0 fully saturated rings. The van der Waals surface area contributed by atoms with Gasteiger partial charge in [0.05, 0.1) is 5.39 Å². The fraction of sp³-hybridized carbons (Fsp3) is 0.211. The van der Waals surface area contributed by atoms with E-state index in [1.807, 2.05) is 29.2 Å². The maximum Gasteiger partial charge on any atom is 0.138 e. The molecule has 0 bridgehead atoms. The van der Waals surface area contributed by atoms with Crippen LogP contribution in [0.3, 0.4) is 0 Å². The number of hydrogen-bond acceptors (Lipinski definition) is 5. The van der Waals surface area contributed by atoms with E-state index in [9.17, 15) is 0 Å². The van der Waals surface area contributed by atoms with Gasteiger partial charge in [-0.2, -0.15) is 5.10 Å². The molecule has 1 aromatic carbocycles. The van der Waals surface area contributed by atoms with Crippen molar-refractivity contribution in [2.45, 2.75) is 13.5 Å². The van der Waals surface area contributed by atoms with Crippen LogP contribution in [-0.2, 0) is 6.54 Å². The summed E-state index contributed by atoms with van der Waals surface area (Å²) in [5, 5.41) is 11.0. The number of nitrogens with zero attached hydrogens (tertiary/aromatic N) is 4. The minimum absolute atomic E-state index is 0.434. The van der Waals surface area contributed by atoms with E-state index < -0.39 is 0 Å². The standard InChI is InChI=1S/C19H19N5S/c1-14(11-24-9-5-8-23-24)10-20-18-17-16(15-6-3-2-4-7-15)12-25-19(17)22-13-21-18/h2-9,12-14H,10-11H2,1H3,(H,20,21,22)/t14-/m0/s1. The molecule has 0 radical (unpaired) electrons. The van der Waals surface area contributed by atoms with Crippen LogP contribution in [0.1, 0.15) is 6.92 Å². The van der Waals surface area contributed by atoms with Gasteiger partial charge in [0.2, 0.25) is 0 Å². The fourth-order valence-corrected chi connectivity index (χ4v) is 3.82. The van der Waals surface area contributed by atoms with E-state index in [4.69, 9.17) is 0 Å². The first-order valence-corrected chi connectivity index (χ1v) is 9.18. The lowest BCUT2D eigenvalue weighted by molar-refractivity contribution is 0.467. The minimum atomic E-state index is 0.434. The highest BCUT2D eigenvalue weighted by Gasteiger charge is 2.13. The van der Waals surface area contributed by atoms with Gasteiger partial charge in [0.1, 0.15) is 17.0 Å². The van der Waals surface area contributed by atoms with Crippen molar-refractivity contribution in [2.24, 2.45) is 5.92 Å². The Morgan fingerprint density at radius 3 is 2.84 bits per heavy atom. The minimum Gasteiger partial charge on any atom is -0.369 e. The number of rotatable bonds is 6. The summed E-state index contributed by atoms with van der Waals surface area (Å²) in [6.45, 7) is 3.91. The molecule has 1 N–H and O–H groups in total. The van der Waals surface area contributed by atoms with Gasteiger partial charge in [0.15, 0.2) is 0 Å². The van der Waals surface area contributed by atoms with Crippen LogP contribution in [0, 0.1) is 5.92 Å². The Kier molecular flexibility index (Phi) is 4.43. The Bertz CT molecular complexity index is 947. The molecule has 4 rings (SSSR count). The normalized spacial score (nSPS) is 12.4. The molecule has 4 aromatic rings. The van der Waals surface area contributed by atoms with Crippen molar-refractivity contribution in [1.82, 2.24) is 19.7 Å². The second kappa shape index (κ2) is 7.03. The predicted molar refractivity (Wildman–Crippen MR) is 103 cm³/mol. The quantitative estimate of drug-likeness (QED) is 0.564. The van der Waals surface area contributed by atoms with E-state index in [0.717, 1.165) is 29.1 Å². The maximum atomic E-state index is 4.50. The number of nitrogens with one attached hydrogen (secondary N) is 1. The van der Waals surface area contributed by atoms with Crippen molar-refractivity contribution in [3.05, 3.63) is 60.5 Å². The summed E-state index contributed by atoms with van der Waals surface area (Å²) in [5.74, 6) is 1.33. The molecule has 3 heterocycles. The molecule has 0 saturated carbocycles. The lowest BCUT2D eigenvalue weighted by Gasteiger charge is -2.14. The van der Waals surface area contributed by atoms with Crippen molar-refractivity contribution in [2.75, 3.05) is 11.9 Å². The summed E-state index contributed by atoms with van der Waals surface area (Å²) in [4.78, 5) is 9.94. The third kappa shape index (κ3) is 3.39. The Morgan fingerprint density at radius 2 is 2.04 bits per heavy atom. The molecule has 126 valence electrons. The summed E-state index contributed by atoms with van der Waals surface area (Å²) < 4.78 is 1.96. The predicted octanol–water partition coefficient (Wildman–Crippen LogP) is 4.30. The van der Waals surface area contributed by atoms with Crippen molar-refractivity contribution in [1.29, 1.82) is 0 Å². The van der Waals surface area contributed by atoms with Gasteiger partial charge >= 0.3 is 0 Å². The molecule has 5 nitrogen and oxygen atoms in total. The molecular formula is C19H19N5S. The molecule has 0 amide bonds. The van der Waals surface area contributed by atoms with Crippen molar-refractivity contribution < 1.29 is 0 Å². The molecule has 0 aliphatic heterocycles. The van der Waals surface area contributed by atoms with Crippen LogP contribution < -0.4 is 5.32 Å². The maximum absolute atomic E-state index is 4.50. The Morgan fingerprint density at radius 1 is 1.16 bits per heavy atom. The van der Waals surface area contributed by atoms with Crippen LogP contribution in [0.4, 0.5) is 5.82 Å². The zero-order valence-corrected chi connectivity index (χ0v) is 14.8. The van der Waals surface area contributed by atoms with Crippen LogP contribution in [0.15, 0.2) is 60.5 Å². The molecule has 0 aliphatic rings. The summed E-state index contributed by atoms with van der Waals surface area (Å²) in [5.41, 5.74) is 2.37. The first-order chi connectivity index (χ1) is 12.3. The van der Waals surface area contributed by atoms with E-state index in [-0.39, 0.29) is 0 Å². The molecule has 6 heteroatoms. The van der Waals surface area contributed by atoms with Gasteiger partial charge in [-0.15, -0.1) is 11.3 Å². The fourth-order valence-electron chi connectivity index (χ4n) is 2.90. The van der Waals surface area contributed by atoms with Crippen LogP contribution in [0.2, 0.25) is 0 Å². The Hall–Kier alpha value is -2.73. The van der Waals surface area contributed by atoms with E-state index in [1.165, 1.54) is 11.1 Å². The first kappa shape index (κ1) is 15.8. The first-order valence-electron chi connectivity index (χ1n) is 8.30. The topological polar surface area (TPSA) is 55.6 Å². The SMILES string of the molecule is C[C@@H](CNc1ncnc2scc(-c3ccccc3)c12)Cn1cccn1. The molecule has 0 spiro atoms. The van der Waals surface area contributed by atoms with Gasteiger partial charge in [0.25, 0.3) is 0 Å². The average molecular weight is 349 g/mol. The second-order valence-corrected chi connectivity index (χ2v) is 6.99. The number of fused-ring (bicyclic) bond motifs is 1. The van der Waals surface area contributed by atoms with E-state index in [1.54, 1.807) is 17.7 Å². The summed E-state index contributed by atoms with van der Waals surface area (Å²) in [6.07, 6.45) is 5.44. The van der Waals surface area contributed by atoms with Gasteiger partial charge in [-0.1, -0.05) is 37.3 Å². The van der Waals surface area contributed by atoms with E-state index in [0.29, 0.717) is 5.92 Å². The molecule has 0 aliphatic carbocycles. The molecule has 25 heavy (non-hydrogen) atoms. The van der Waals surface area contributed by atoms with Crippen molar-refractivity contribution >= 4 is 27.4 Å². The van der Waals surface area contributed by atoms with Crippen LogP contribution >= 0.6 is 11.3 Å². The number of aromatic nitrogens is 4. The summed E-state index contributed by atoms with van der Waals surface area (Å²) >= 11 is 1.66. The van der Waals surface area contributed by atoms with E-state index in [2.05, 4.69) is 57.0 Å². The van der Waals surface area contributed by atoms with Crippen LogP contribution in [0.25, 0.3) is 21.3 Å². The molecule has 1 atom stereocenters. The average Bonchev–Trinajstić information content (AvgIpc) is 3.30. The van der Waals surface area contributed by atoms with Gasteiger partial charge in [-0.25, -0.2) is 9.97 Å². The highest BCUT2D eigenvalue weighted by molar-refractivity contribution is 7.17. The van der Waals surface area contributed by atoms with Gasteiger partial charge < -0.3 is 5.32 Å². The van der Waals surface area contributed by atoms with Crippen molar-refractivity contribution in [3.63, 3.8) is 0 Å². The number of thiophene rings is 1. The van der Waals surface area contributed by atoms with Gasteiger partial charge in [-0.3, -0.25) is 4.68 Å². The van der Waals surface area contributed by atoms with E-state index >= 15 is 0 Å². The Balaban J connectivity index is 1.58. The van der Waals surface area contributed by atoms with Crippen molar-refractivity contribution in [3.8, 4) is 11.1 Å². The summed E-state index contributed by atoms with van der Waals surface area (Å²) in [6, 6.07) is 12.3. The van der Waals surface area contributed by atoms with Crippen LogP contribution in [0.5, 0.6) is 0 Å². The Labute approximate surface area is 150 Å². The number of benzene rings is 1. The largest absolute Gasteiger partial charge is 0.369 e.